The Morgan fingerprint density at radius 2 is 1.70 bits per heavy atom. The third kappa shape index (κ3) is 2.93. The zero-order valence-electron chi connectivity index (χ0n) is 16.3. The van der Waals surface area contributed by atoms with Crippen molar-refractivity contribution in [1.82, 2.24) is 4.90 Å². The number of aliphatic hydroxyl groups is 1. The van der Waals surface area contributed by atoms with Crippen molar-refractivity contribution < 1.29 is 5.11 Å². The van der Waals surface area contributed by atoms with Crippen LogP contribution in [0.3, 0.4) is 0 Å². The molecule has 2 aromatic rings. The van der Waals surface area contributed by atoms with E-state index in [4.69, 9.17) is 0 Å². The fourth-order valence-electron chi connectivity index (χ4n) is 5.63. The molecular weight excluding hydrogens is 354 g/mol. The van der Waals surface area contributed by atoms with Gasteiger partial charge in [-0.1, -0.05) is 56.3 Å². The van der Waals surface area contributed by atoms with Gasteiger partial charge in [0.05, 0.1) is 5.60 Å². The zero-order chi connectivity index (χ0) is 17.9. The highest BCUT2D eigenvalue weighted by atomic mass is 35.5. The molecule has 0 aromatic heterocycles. The number of benzene rings is 2. The molecule has 3 aliphatic rings. The fraction of sp³-hybridized carbons (Fsp3) is 0.500. The van der Waals surface area contributed by atoms with Crippen LogP contribution in [0.5, 0.6) is 0 Å². The topological polar surface area (TPSA) is 23.5 Å². The molecule has 144 valence electrons. The van der Waals surface area contributed by atoms with Crippen LogP contribution in [0.1, 0.15) is 66.5 Å². The summed E-state index contributed by atoms with van der Waals surface area (Å²) in [5.74, 6) is 0.798. The summed E-state index contributed by atoms with van der Waals surface area (Å²) in [5, 5.41) is 11.2. The first-order valence-electron chi connectivity index (χ1n) is 10.2. The van der Waals surface area contributed by atoms with Crippen LogP contribution in [0.2, 0.25) is 0 Å². The summed E-state index contributed by atoms with van der Waals surface area (Å²) < 4.78 is 0. The summed E-state index contributed by atoms with van der Waals surface area (Å²) in [5.41, 5.74) is 7.11. The highest BCUT2D eigenvalue weighted by molar-refractivity contribution is 5.85. The number of hydrogen-bond donors (Lipinski definition) is 1. The van der Waals surface area contributed by atoms with E-state index in [1.807, 2.05) is 0 Å². The number of hydrogen-bond acceptors (Lipinski definition) is 2. The second kappa shape index (κ2) is 6.92. The van der Waals surface area contributed by atoms with E-state index < -0.39 is 5.60 Å². The van der Waals surface area contributed by atoms with Gasteiger partial charge in [0.2, 0.25) is 0 Å². The largest absolute Gasteiger partial charge is 0.390 e. The van der Waals surface area contributed by atoms with Crippen molar-refractivity contribution in [1.29, 1.82) is 0 Å². The third-order valence-corrected chi connectivity index (χ3v) is 7.34. The molecule has 2 heterocycles. The molecule has 0 amide bonds. The quantitative estimate of drug-likeness (QED) is 0.758. The lowest BCUT2D eigenvalue weighted by Gasteiger charge is -2.50. The number of halogens is 1. The Hall–Kier alpha value is -1.35. The van der Waals surface area contributed by atoms with Crippen molar-refractivity contribution >= 4 is 12.4 Å². The Bertz CT molecular complexity index is 848. The summed E-state index contributed by atoms with van der Waals surface area (Å²) in [6.07, 6.45) is 4.04. The lowest BCUT2D eigenvalue weighted by Crippen LogP contribution is -2.51. The molecule has 0 radical (unpaired) electrons. The number of rotatable bonds is 1. The van der Waals surface area contributed by atoms with Crippen molar-refractivity contribution in [2.24, 2.45) is 5.92 Å². The summed E-state index contributed by atoms with van der Waals surface area (Å²) in [7, 11) is 0. The Balaban J connectivity index is 0.00000180. The SMILES string of the molecule is CC(C)C1(O)CCN2CC3c4ccccc4CCc4cccc(c43)C2C1.Cl. The van der Waals surface area contributed by atoms with Gasteiger partial charge in [-0.15, -0.1) is 12.4 Å². The van der Waals surface area contributed by atoms with Crippen molar-refractivity contribution in [3.8, 4) is 0 Å². The molecule has 1 fully saturated rings. The third-order valence-electron chi connectivity index (χ3n) is 7.34. The van der Waals surface area contributed by atoms with E-state index in [1.54, 1.807) is 5.56 Å². The normalized spacial score (nSPS) is 29.2. The molecule has 1 N–H and O–H groups in total. The van der Waals surface area contributed by atoms with Crippen LogP contribution in [-0.2, 0) is 12.8 Å². The van der Waals surface area contributed by atoms with E-state index in [0.29, 0.717) is 17.9 Å². The van der Waals surface area contributed by atoms with Crippen LogP contribution in [0.25, 0.3) is 0 Å². The van der Waals surface area contributed by atoms with Gasteiger partial charge >= 0.3 is 0 Å². The summed E-state index contributed by atoms with van der Waals surface area (Å²) in [6.45, 7) is 6.44. The highest BCUT2D eigenvalue weighted by Gasteiger charge is 2.45. The van der Waals surface area contributed by atoms with E-state index >= 15 is 0 Å². The maximum absolute atomic E-state index is 11.2. The van der Waals surface area contributed by atoms with Gasteiger partial charge < -0.3 is 5.11 Å². The smallest absolute Gasteiger partial charge is 0.0700 e. The van der Waals surface area contributed by atoms with E-state index in [0.717, 1.165) is 38.8 Å². The molecule has 2 aromatic carbocycles. The molecule has 1 aliphatic carbocycles. The van der Waals surface area contributed by atoms with Gasteiger partial charge in [-0.25, -0.2) is 0 Å². The van der Waals surface area contributed by atoms with Gasteiger partial charge in [-0.2, -0.15) is 0 Å². The maximum Gasteiger partial charge on any atom is 0.0700 e. The van der Waals surface area contributed by atoms with E-state index in [1.165, 1.54) is 22.3 Å². The van der Waals surface area contributed by atoms with Gasteiger partial charge in [0.25, 0.3) is 0 Å². The van der Waals surface area contributed by atoms with Gasteiger partial charge in [0.1, 0.15) is 0 Å². The van der Waals surface area contributed by atoms with E-state index in [2.05, 4.69) is 61.2 Å². The summed E-state index contributed by atoms with van der Waals surface area (Å²) in [6, 6.07) is 16.3. The van der Waals surface area contributed by atoms with Crippen LogP contribution in [0.15, 0.2) is 42.5 Å². The average Bonchev–Trinajstić information content (AvgIpc) is 2.81. The molecule has 3 atom stereocenters. The van der Waals surface area contributed by atoms with Gasteiger partial charge in [0, 0.05) is 25.0 Å². The van der Waals surface area contributed by atoms with Gasteiger partial charge in [-0.3, -0.25) is 4.90 Å². The Morgan fingerprint density at radius 3 is 2.52 bits per heavy atom. The minimum atomic E-state index is -0.528. The molecule has 3 unspecified atom stereocenters. The second-order valence-corrected chi connectivity index (χ2v) is 8.89. The second-order valence-electron chi connectivity index (χ2n) is 8.89. The number of fused-ring (bicyclic) bond motifs is 4. The first-order valence-corrected chi connectivity index (χ1v) is 10.2. The van der Waals surface area contributed by atoms with E-state index in [-0.39, 0.29) is 12.4 Å². The van der Waals surface area contributed by atoms with Crippen LogP contribution in [0, 0.1) is 5.92 Å². The zero-order valence-corrected chi connectivity index (χ0v) is 17.1. The van der Waals surface area contributed by atoms with Gasteiger partial charge in [-0.05, 0) is 59.4 Å². The highest BCUT2D eigenvalue weighted by Crippen LogP contribution is 2.49. The lowest BCUT2D eigenvalue weighted by atomic mass is 9.71. The van der Waals surface area contributed by atoms with E-state index in [9.17, 15) is 5.11 Å². The van der Waals surface area contributed by atoms with Crippen LogP contribution < -0.4 is 0 Å². The minimum Gasteiger partial charge on any atom is -0.390 e. The van der Waals surface area contributed by atoms with Gasteiger partial charge in [0.15, 0.2) is 0 Å². The maximum atomic E-state index is 11.2. The Labute approximate surface area is 169 Å². The molecule has 5 rings (SSSR count). The molecule has 0 spiro atoms. The number of nitrogens with zero attached hydrogens (tertiary/aromatic N) is 1. The number of aryl methyl sites for hydroxylation is 2. The number of piperidine rings is 1. The Kier molecular flexibility index (Phi) is 4.86. The Morgan fingerprint density at radius 1 is 1.00 bits per heavy atom. The molecule has 2 nitrogen and oxygen atoms in total. The summed E-state index contributed by atoms with van der Waals surface area (Å²) >= 11 is 0. The van der Waals surface area contributed by atoms with Crippen LogP contribution >= 0.6 is 12.4 Å². The van der Waals surface area contributed by atoms with Crippen LogP contribution in [0.4, 0.5) is 0 Å². The fourth-order valence-corrected chi connectivity index (χ4v) is 5.63. The molecule has 0 saturated carbocycles. The monoisotopic (exact) mass is 383 g/mol. The summed E-state index contributed by atoms with van der Waals surface area (Å²) in [4.78, 5) is 2.65. The molecule has 1 saturated heterocycles. The molecule has 27 heavy (non-hydrogen) atoms. The lowest BCUT2D eigenvalue weighted by molar-refractivity contribution is -0.0822. The van der Waals surface area contributed by atoms with Crippen molar-refractivity contribution in [3.63, 3.8) is 0 Å². The van der Waals surface area contributed by atoms with Crippen molar-refractivity contribution in [3.05, 3.63) is 70.3 Å². The standard InChI is InChI=1S/C24H29NO.ClH/c1-16(2)24(26)12-13-25-15-21-19-8-4-3-6-17(19)10-11-18-7-5-9-20(23(18)21)22(25)14-24;/h3-9,16,21-22,26H,10-15H2,1-2H3;1H. The first kappa shape index (κ1) is 19.0. The van der Waals surface area contributed by atoms with Crippen LogP contribution in [-0.4, -0.2) is 28.7 Å². The molecular formula is C24H30ClNO. The molecule has 3 heteroatoms. The van der Waals surface area contributed by atoms with Crippen molar-refractivity contribution in [2.75, 3.05) is 13.1 Å². The first-order chi connectivity index (χ1) is 12.6. The predicted octanol–water partition coefficient (Wildman–Crippen LogP) is 4.88. The average molecular weight is 384 g/mol. The predicted molar refractivity (Wildman–Crippen MR) is 113 cm³/mol. The minimum absolute atomic E-state index is 0. The molecule has 0 bridgehead atoms. The molecule has 2 aliphatic heterocycles. The van der Waals surface area contributed by atoms with Crippen molar-refractivity contribution in [2.45, 2.75) is 57.1 Å².